The maximum Gasteiger partial charge on any atom is 0.101 e. The van der Waals surface area contributed by atoms with E-state index in [9.17, 15) is 0 Å². The summed E-state index contributed by atoms with van der Waals surface area (Å²) in [6, 6.07) is 0. The molecule has 0 aliphatic rings. The molecule has 0 aliphatic heterocycles. The summed E-state index contributed by atoms with van der Waals surface area (Å²) in [6.45, 7) is 0.227. The highest BCUT2D eigenvalue weighted by molar-refractivity contribution is 7.99. The van der Waals surface area contributed by atoms with Crippen LogP contribution in [0, 0.1) is 5.41 Å². The van der Waals surface area contributed by atoms with E-state index in [4.69, 9.17) is 16.2 Å². The van der Waals surface area contributed by atoms with Crippen molar-refractivity contribution in [1.82, 2.24) is 0 Å². The third kappa shape index (κ3) is 7.78. The number of aliphatic hydroxyl groups is 1. The van der Waals surface area contributed by atoms with E-state index in [-0.39, 0.29) is 12.4 Å². The van der Waals surface area contributed by atoms with E-state index in [1.54, 1.807) is 11.8 Å². The third-order valence-corrected chi connectivity index (χ3v) is 1.80. The first-order chi connectivity index (χ1) is 4.27. The number of amidine groups is 1. The van der Waals surface area contributed by atoms with Crippen LogP contribution in [0.4, 0.5) is 0 Å². The summed E-state index contributed by atoms with van der Waals surface area (Å²) in [4.78, 5) is 0. The largest absolute Gasteiger partial charge is 0.396 e. The fourth-order valence-corrected chi connectivity index (χ4v) is 1.05. The first-order valence-electron chi connectivity index (χ1n) is 2.79. The van der Waals surface area contributed by atoms with Gasteiger partial charge < -0.3 is 10.8 Å². The molecule has 0 fully saturated rings. The summed E-state index contributed by atoms with van der Waals surface area (Å²) in [5.74, 6) is 1.67. The number of nitrogens with two attached hydrogens (primary N) is 1. The summed E-state index contributed by atoms with van der Waals surface area (Å²) in [6.07, 6.45) is 0.790. The van der Waals surface area contributed by atoms with Crippen molar-refractivity contribution in [1.29, 1.82) is 5.41 Å². The van der Waals surface area contributed by atoms with Gasteiger partial charge in [0.2, 0.25) is 0 Å². The second-order valence-electron chi connectivity index (χ2n) is 1.65. The molecule has 0 aliphatic carbocycles. The van der Waals surface area contributed by atoms with Crippen LogP contribution in [0.3, 0.4) is 0 Å². The molecule has 4 heteroatoms. The number of thioether (sulfide) groups is 1. The van der Waals surface area contributed by atoms with Gasteiger partial charge in [-0.3, -0.25) is 5.41 Å². The Balaban J connectivity index is 2.83. The summed E-state index contributed by atoms with van der Waals surface area (Å²) in [5, 5.41) is 15.2. The minimum Gasteiger partial charge on any atom is -0.396 e. The third-order valence-electron chi connectivity index (χ3n) is 0.704. The van der Waals surface area contributed by atoms with Crippen molar-refractivity contribution < 1.29 is 5.11 Å². The molecule has 0 heterocycles. The van der Waals surface area contributed by atoms with E-state index in [0.717, 1.165) is 12.2 Å². The Morgan fingerprint density at radius 3 is 2.78 bits per heavy atom. The Morgan fingerprint density at radius 1 is 1.67 bits per heavy atom. The summed E-state index contributed by atoms with van der Waals surface area (Å²) in [7, 11) is 0. The molecule has 0 radical (unpaired) electrons. The lowest BCUT2D eigenvalue weighted by Crippen LogP contribution is -2.12. The van der Waals surface area contributed by atoms with Crippen LogP contribution in [0.2, 0.25) is 0 Å². The second-order valence-corrected chi connectivity index (χ2v) is 2.76. The lowest BCUT2D eigenvalue weighted by molar-refractivity contribution is 0.296. The Kier molecular flexibility index (Phi) is 5.76. The van der Waals surface area contributed by atoms with E-state index in [0.29, 0.717) is 5.75 Å². The predicted molar refractivity (Wildman–Crippen MR) is 40.9 cm³/mol. The molecule has 0 unspecified atom stereocenters. The van der Waals surface area contributed by atoms with Crippen molar-refractivity contribution in [3.63, 3.8) is 0 Å². The standard InChI is InChI=1S/C5H12N2OS/c6-5(7)4-9-3-1-2-8/h8H,1-4H2,(H3,6,7). The Bertz CT molecular complexity index is 87.0. The molecule has 0 bridgehead atoms. The van der Waals surface area contributed by atoms with Crippen LogP contribution in [0.5, 0.6) is 0 Å². The van der Waals surface area contributed by atoms with Crippen LogP contribution in [0.15, 0.2) is 0 Å². The molecule has 0 aromatic carbocycles. The number of hydrogen-bond donors (Lipinski definition) is 3. The number of hydrogen-bond acceptors (Lipinski definition) is 3. The Labute approximate surface area is 59.1 Å². The average molecular weight is 148 g/mol. The zero-order valence-electron chi connectivity index (χ0n) is 5.26. The molecule has 0 amide bonds. The van der Waals surface area contributed by atoms with Crippen LogP contribution in [0.25, 0.3) is 0 Å². The van der Waals surface area contributed by atoms with Gasteiger partial charge in [0, 0.05) is 6.61 Å². The molecule has 0 saturated carbocycles. The van der Waals surface area contributed by atoms with Gasteiger partial charge in [-0.1, -0.05) is 0 Å². The molecule has 4 N–H and O–H groups in total. The van der Waals surface area contributed by atoms with Crippen molar-refractivity contribution in [3.05, 3.63) is 0 Å². The zero-order valence-corrected chi connectivity index (χ0v) is 6.08. The predicted octanol–water partition coefficient (Wildman–Crippen LogP) is 0.0380. The fraction of sp³-hybridized carbons (Fsp3) is 0.800. The van der Waals surface area contributed by atoms with Crippen molar-refractivity contribution >= 4 is 17.6 Å². The molecule has 0 aromatic rings. The van der Waals surface area contributed by atoms with E-state index < -0.39 is 0 Å². The minimum atomic E-state index is 0.206. The molecule has 9 heavy (non-hydrogen) atoms. The first kappa shape index (κ1) is 8.78. The molecular weight excluding hydrogens is 136 g/mol. The van der Waals surface area contributed by atoms with Crippen LogP contribution >= 0.6 is 11.8 Å². The monoisotopic (exact) mass is 148 g/mol. The normalized spacial score (nSPS) is 9.44. The maximum absolute atomic E-state index is 8.33. The van der Waals surface area contributed by atoms with Crippen molar-refractivity contribution in [2.45, 2.75) is 6.42 Å². The first-order valence-corrected chi connectivity index (χ1v) is 3.94. The lowest BCUT2D eigenvalue weighted by Gasteiger charge is -1.95. The van der Waals surface area contributed by atoms with Gasteiger partial charge in [0.15, 0.2) is 0 Å². The van der Waals surface area contributed by atoms with Gasteiger partial charge in [-0.15, -0.1) is 0 Å². The van der Waals surface area contributed by atoms with Crippen LogP contribution < -0.4 is 5.73 Å². The minimum absolute atomic E-state index is 0.206. The zero-order chi connectivity index (χ0) is 7.11. The fourth-order valence-electron chi connectivity index (χ4n) is 0.349. The highest BCUT2D eigenvalue weighted by Crippen LogP contribution is 1.99. The Hall–Kier alpha value is -0.220. The molecule has 0 saturated heterocycles. The van der Waals surface area contributed by atoms with E-state index in [1.807, 2.05) is 0 Å². The highest BCUT2D eigenvalue weighted by Gasteiger charge is 1.89. The van der Waals surface area contributed by atoms with Crippen molar-refractivity contribution in [2.24, 2.45) is 5.73 Å². The molecule has 3 nitrogen and oxygen atoms in total. The van der Waals surface area contributed by atoms with Crippen molar-refractivity contribution in [3.8, 4) is 0 Å². The van der Waals surface area contributed by atoms with Crippen LogP contribution in [-0.4, -0.2) is 29.1 Å². The second kappa shape index (κ2) is 5.91. The molecule has 0 aromatic heterocycles. The molecule has 0 rings (SSSR count). The lowest BCUT2D eigenvalue weighted by atomic mass is 10.5. The van der Waals surface area contributed by atoms with Gasteiger partial charge >= 0.3 is 0 Å². The molecular formula is C5H12N2OS. The number of rotatable bonds is 5. The summed E-state index contributed by atoms with van der Waals surface area (Å²) >= 11 is 1.58. The smallest absolute Gasteiger partial charge is 0.101 e. The molecule has 54 valence electrons. The Morgan fingerprint density at radius 2 is 2.33 bits per heavy atom. The topological polar surface area (TPSA) is 70.1 Å². The van der Waals surface area contributed by atoms with Crippen molar-refractivity contribution in [2.75, 3.05) is 18.1 Å². The molecule has 0 atom stereocenters. The van der Waals surface area contributed by atoms with Gasteiger partial charge in [-0.05, 0) is 12.2 Å². The number of nitrogens with one attached hydrogen (secondary N) is 1. The van der Waals surface area contributed by atoms with E-state index in [1.165, 1.54) is 0 Å². The SMILES string of the molecule is N=C(N)CSCCCO. The van der Waals surface area contributed by atoms with Gasteiger partial charge in [0.1, 0.15) is 5.84 Å². The number of aliphatic hydroxyl groups excluding tert-OH is 1. The quantitative estimate of drug-likeness (QED) is 0.293. The van der Waals surface area contributed by atoms with Crippen LogP contribution in [0.1, 0.15) is 6.42 Å². The van der Waals surface area contributed by atoms with Crippen LogP contribution in [-0.2, 0) is 0 Å². The van der Waals surface area contributed by atoms with Gasteiger partial charge in [-0.2, -0.15) is 11.8 Å². The van der Waals surface area contributed by atoms with Gasteiger partial charge in [-0.25, -0.2) is 0 Å². The van der Waals surface area contributed by atoms with Gasteiger partial charge in [0.05, 0.1) is 5.75 Å². The maximum atomic E-state index is 8.33. The average Bonchev–Trinajstić information content (AvgIpc) is 1.80. The highest BCUT2D eigenvalue weighted by atomic mass is 32.2. The van der Waals surface area contributed by atoms with E-state index >= 15 is 0 Å². The molecule has 0 spiro atoms. The summed E-state index contributed by atoms with van der Waals surface area (Å²) < 4.78 is 0. The summed E-state index contributed by atoms with van der Waals surface area (Å²) in [5.41, 5.74) is 5.07. The van der Waals surface area contributed by atoms with Gasteiger partial charge in [0.25, 0.3) is 0 Å². The van der Waals surface area contributed by atoms with E-state index in [2.05, 4.69) is 0 Å².